The van der Waals surface area contributed by atoms with Gasteiger partial charge in [0.1, 0.15) is 0 Å². The Bertz CT molecular complexity index is 396. The number of rotatable bonds is 8. The van der Waals surface area contributed by atoms with Crippen molar-refractivity contribution in [2.45, 2.75) is 51.9 Å². The number of ether oxygens (including phenoxy) is 1. The summed E-state index contributed by atoms with van der Waals surface area (Å²) in [5.41, 5.74) is 3.09. The summed E-state index contributed by atoms with van der Waals surface area (Å²) >= 11 is 1.75. The molecule has 20 heavy (non-hydrogen) atoms. The van der Waals surface area contributed by atoms with Crippen LogP contribution in [0.15, 0.2) is 5.51 Å². The highest BCUT2D eigenvalue weighted by Crippen LogP contribution is 2.21. The van der Waals surface area contributed by atoms with Crippen LogP contribution in [-0.4, -0.2) is 48.8 Å². The third kappa shape index (κ3) is 4.81. The summed E-state index contributed by atoms with van der Waals surface area (Å²) < 4.78 is 6.11. The van der Waals surface area contributed by atoms with Crippen molar-refractivity contribution in [1.82, 2.24) is 15.2 Å². The van der Waals surface area contributed by atoms with E-state index in [9.17, 15) is 0 Å². The molecule has 5 heteroatoms. The number of likely N-dealkylation sites (N-methyl/N-ethyl adjacent to an activating group) is 1. The maximum Gasteiger partial charge on any atom is 0.0798 e. The Labute approximate surface area is 126 Å². The molecule has 0 radical (unpaired) electrons. The number of nitrogens with one attached hydrogen (secondary N) is 1. The Hall–Kier alpha value is -0.490. The number of nitrogens with zero attached hydrogens (tertiary/aromatic N) is 2. The third-order valence-electron chi connectivity index (χ3n) is 3.77. The Morgan fingerprint density at radius 3 is 2.95 bits per heavy atom. The van der Waals surface area contributed by atoms with Gasteiger partial charge in [0.2, 0.25) is 0 Å². The highest BCUT2D eigenvalue weighted by atomic mass is 32.1. The first-order valence-corrected chi connectivity index (χ1v) is 8.50. The van der Waals surface area contributed by atoms with E-state index in [0.29, 0.717) is 12.2 Å². The van der Waals surface area contributed by atoms with Crippen molar-refractivity contribution in [3.8, 4) is 0 Å². The standard InChI is InChI=1S/C15H27N3OS/c1-4-7-16-8-13-5-6-14(19-13)9-18(3)10-15-12(2)17-11-20-15/h11,13-14,16H,4-10H2,1-3H3. The fourth-order valence-corrected chi connectivity index (χ4v) is 3.50. The predicted molar refractivity (Wildman–Crippen MR) is 84.2 cm³/mol. The quantitative estimate of drug-likeness (QED) is 0.748. The molecule has 1 aromatic rings. The van der Waals surface area contributed by atoms with Gasteiger partial charge in [0.05, 0.1) is 23.4 Å². The number of aromatic nitrogens is 1. The summed E-state index contributed by atoms with van der Waals surface area (Å²) in [6, 6.07) is 0. The van der Waals surface area contributed by atoms with Gasteiger partial charge in [-0.2, -0.15) is 0 Å². The number of thiazole rings is 1. The number of hydrogen-bond acceptors (Lipinski definition) is 5. The molecular formula is C15H27N3OS. The molecule has 2 rings (SSSR count). The lowest BCUT2D eigenvalue weighted by Gasteiger charge is -2.21. The lowest BCUT2D eigenvalue weighted by atomic mass is 10.2. The van der Waals surface area contributed by atoms with Crippen molar-refractivity contribution < 1.29 is 4.74 Å². The van der Waals surface area contributed by atoms with E-state index in [0.717, 1.165) is 31.9 Å². The van der Waals surface area contributed by atoms with E-state index < -0.39 is 0 Å². The van der Waals surface area contributed by atoms with Crippen molar-refractivity contribution in [3.63, 3.8) is 0 Å². The van der Waals surface area contributed by atoms with Crippen LogP contribution in [0.5, 0.6) is 0 Å². The topological polar surface area (TPSA) is 37.4 Å². The first kappa shape index (κ1) is 15.9. The lowest BCUT2D eigenvalue weighted by molar-refractivity contribution is 0.0269. The van der Waals surface area contributed by atoms with Crippen molar-refractivity contribution in [1.29, 1.82) is 0 Å². The molecule has 0 amide bonds. The molecule has 0 spiro atoms. The number of hydrogen-bond donors (Lipinski definition) is 1. The van der Waals surface area contributed by atoms with Crippen molar-refractivity contribution in [2.75, 3.05) is 26.7 Å². The molecule has 0 aliphatic carbocycles. The molecule has 2 atom stereocenters. The molecule has 2 unspecified atom stereocenters. The maximum atomic E-state index is 6.11. The van der Waals surface area contributed by atoms with Crippen LogP contribution in [-0.2, 0) is 11.3 Å². The Morgan fingerprint density at radius 1 is 1.45 bits per heavy atom. The van der Waals surface area contributed by atoms with Crippen LogP contribution in [0.25, 0.3) is 0 Å². The van der Waals surface area contributed by atoms with Crippen LogP contribution in [0, 0.1) is 6.92 Å². The van der Waals surface area contributed by atoms with Gasteiger partial charge in [0.15, 0.2) is 0 Å². The molecule has 0 aromatic carbocycles. The van der Waals surface area contributed by atoms with Gasteiger partial charge < -0.3 is 10.1 Å². The second-order valence-electron chi connectivity index (χ2n) is 5.72. The van der Waals surface area contributed by atoms with Crippen molar-refractivity contribution >= 4 is 11.3 Å². The van der Waals surface area contributed by atoms with E-state index in [2.05, 4.69) is 36.1 Å². The fourth-order valence-electron chi connectivity index (χ4n) is 2.64. The third-order valence-corrected chi connectivity index (χ3v) is 4.69. The average Bonchev–Trinajstić information content (AvgIpc) is 3.00. The summed E-state index contributed by atoms with van der Waals surface area (Å²) in [6.07, 6.45) is 4.36. The lowest BCUT2D eigenvalue weighted by Crippen LogP contribution is -2.31. The molecule has 1 N–H and O–H groups in total. The summed E-state index contributed by atoms with van der Waals surface area (Å²) in [7, 11) is 2.17. The average molecular weight is 297 g/mol. The largest absolute Gasteiger partial charge is 0.372 e. The van der Waals surface area contributed by atoms with Gasteiger partial charge in [-0.3, -0.25) is 4.90 Å². The minimum atomic E-state index is 0.390. The van der Waals surface area contributed by atoms with E-state index in [-0.39, 0.29) is 0 Å². The van der Waals surface area contributed by atoms with E-state index >= 15 is 0 Å². The molecular weight excluding hydrogens is 270 g/mol. The fraction of sp³-hybridized carbons (Fsp3) is 0.800. The molecule has 4 nitrogen and oxygen atoms in total. The van der Waals surface area contributed by atoms with Crippen LogP contribution < -0.4 is 5.32 Å². The highest BCUT2D eigenvalue weighted by molar-refractivity contribution is 7.09. The summed E-state index contributed by atoms with van der Waals surface area (Å²) in [5.74, 6) is 0. The minimum absolute atomic E-state index is 0.390. The zero-order valence-electron chi connectivity index (χ0n) is 12.9. The van der Waals surface area contributed by atoms with Gasteiger partial charge in [-0.25, -0.2) is 4.98 Å². The molecule has 1 fully saturated rings. The van der Waals surface area contributed by atoms with Crippen LogP contribution in [0.4, 0.5) is 0 Å². The molecule has 1 aliphatic rings. The van der Waals surface area contributed by atoms with E-state index in [4.69, 9.17) is 4.74 Å². The second kappa shape index (κ2) is 8.08. The SMILES string of the molecule is CCCNCC1CCC(CN(C)Cc2scnc2C)O1. The van der Waals surface area contributed by atoms with Crippen molar-refractivity contribution in [3.05, 3.63) is 16.1 Å². The summed E-state index contributed by atoms with van der Waals surface area (Å²) in [4.78, 5) is 8.03. The Balaban J connectivity index is 1.68. The minimum Gasteiger partial charge on any atom is -0.372 e. The van der Waals surface area contributed by atoms with Crippen LogP contribution >= 0.6 is 11.3 Å². The van der Waals surface area contributed by atoms with E-state index in [1.165, 1.54) is 24.1 Å². The van der Waals surface area contributed by atoms with E-state index in [1.54, 1.807) is 11.3 Å². The molecule has 0 bridgehead atoms. The van der Waals surface area contributed by atoms with Gasteiger partial charge in [-0.05, 0) is 39.8 Å². The first-order chi connectivity index (χ1) is 9.69. The normalized spacial score (nSPS) is 22.8. The molecule has 1 aromatic heterocycles. The van der Waals surface area contributed by atoms with Gasteiger partial charge >= 0.3 is 0 Å². The maximum absolute atomic E-state index is 6.11. The molecule has 1 saturated heterocycles. The Morgan fingerprint density at radius 2 is 2.25 bits per heavy atom. The molecule has 2 heterocycles. The highest BCUT2D eigenvalue weighted by Gasteiger charge is 2.25. The second-order valence-corrected chi connectivity index (χ2v) is 6.66. The summed E-state index contributed by atoms with van der Waals surface area (Å²) in [6.45, 7) is 8.37. The van der Waals surface area contributed by atoms with Crippen LogP contribution in [0.3, 0.4) is 0 Å². The first-order valence-electron chi connectivity index (χ1n) is 7.62. The smallest absolute Gasteiger partial charge is 0.0798 e. The predicted octanol–water partition coefficient (Wildman–Crippen LogP) is 2.43. The zero-order valence-corrected chi connectivity index (χ0v) is 13.7. The molecule has 0 saturated carbocycles. The zero-order chi connectivity index (χ0) is 14.4. The van der Waals surface area contributed by atoms with Gasteiger partial charge in [0.25, 0.3) is 0 Å². The van der Waals surface area contributed by atoms with Crippen LogP contribution in [0.2, 0.25) is 0 Å². The number of aryl methyl sites for hydroxylation is 1. The van der Waals surface area contributed by atoms with Crippen LogP contribution in [0.1, 0.15) is 36.8 Å². The molecule has 1 aliphatic heterocycles. The van der Waals surface area contributed by atoms with Gasteiger partial charge in [-0.15, -0.1) is 11.3 Å². The van der Waals surface area contributed by atoms with Crippen molar-refractivity contribution in [2.24, 2.45) is 0 Å². The van der Waals surface area contributed by atoms with Gasteiger partial charge in [-0.1, -0.05) is 6.92 Å². The summed E-state index contributed by atoms with van der Waals surface area (Å²) in [5, 5.41) is 3.45. The van der Waals surface area contributed by atoms with Gasteiger partial charge in [0, 0.05) is 24.5 Å². The van der Waals surface area contributed by atoms with E-state index in [1.807, 2.05) is 5.51 Å². The Kier molecular flexibility index (Phi) is 6.42. The molecule has 114 valence electrons. The monoisotopic (exact) mass is 297 g/mol.